The number of hydrogen-bond acceptors (Lipinski definition) is 4. The van der Waals surface area contributed by atoms with Gasteiger partial charge in [-0.1, -0.05) is 29.8 Å². The fourth-order valence-corrected chi connectivity index (χ4v) is 4.09. The fourth-order valence-electron chi connectivity index (χ4n) is 3.96. The molecule has 156 valence electrons. The Balaban J connectivity index is 1.13. The van der Waals surface area contributed by atoms with E-state index < -0.39 is 6.10 Å². The Morgan fingerprint density at radius 1 is 0.931 bits per heavy atom. The molecule has 1 atom stereocenters. The number of halogens is 1. The maximum Gasteiger partial charge on any atom is 0.231 e. The minimum absolute atomic E-state index is 0.274. The van der Waals surface area contributed by atoms with Gasteiger partial charge in [0.2, 0.25) is 6.79 Å². The van der Waals surface area contributed by atoms with Crippen molar-refractivity contribution >= 4 is 11.6 Å². The van der Waals surface area contributed by atoms with Gasteiger partial charge in [0.05, 0.1) is 13.2 Å². The van der Waals surface area contributed by atoms with Gasteiger partial charge in [-0.05, 0) is 29.8 Å². The molecule has 0 amide bonds. The maximum absolute atomic E-state index is 10.4. The predicted octanol–water partition coefficient (Wildman–Crippen LogP) is -0.0702. The van der Waals surface area contributed by atoms with Gasteiger partial charge in [0.15, 0.2) is 11.5 Å². The Bertz CT molecular complexity index is 794. The van der Waals surface area contributed by atoms with Gasteiger partial charge in [-0.15, -0.1) is 0 Å². The summed E-state index contributed by atoms with van der Waals surface area (Å²) in [5, 5.41) is 11.1. The summed E-state index contributed by atoms with van der Waals surface area (Å²) in [6, 6.07) is 13.9. The van der Waals surface area contributed by atoms with Crippen molar-refractivity contribution in [2.75, 3.05) is 46.1 Å². The van der Waals surface area contributed by atoms with Gasteiger partial charge in [-0.25, -0.2) is 0 Å². The first kappa shape index (κ1) is 20.4. The molecule has 2 aromatic rings. The van der Waals surface area contributed by atoms with Crippen LogP contribution in [0.4, 0.5) is 0 Å². The topological polar surface area (TPSA) is 56.8 Å². The number of aliphatic hydroxyl groups is 1. The standard InChI is InChI=1S/C22H27ClN2O4/c23-19-4-1-17(2-5-19)12-24-7-9-25(10-8-24)13-20(26)15-27-14-18-3-6-21-22(11-18)29-16-28-21/h1-6,11,20,26H,7-10,12-16H2/p+2/t20-/m1/s1. The van der Waals surface area contributed by atoms with Crippen LogP contribution in [-0.4, -0.2) is 57.3 Å². The fraction of sp³-hybridized carbons (Fsp3) is 0.455. The van der Waals surface area contributed by atoms with Crippen molar-refractivity contribution in [3.8, 4) is 11.5 Å². The zero-order valence-corrected chi connectivity index (χ0v) is 17.3. The first-order valence-corrected chi connectivity index (χ1v) is 10.6. The van der Waals surface area contributed by atoms with Gasteiger partial charge in [0.1, 0.15) is 45.4 Å². The molecule has 4 rings (SSSR count). The van der Waals surface area contributed by atoms with Gasteiger partial charge in [0, 0.05) is 10.6 Å². The molecule has 6 nitrogen and oxygen atoms in total. The van der Waals surface area contributed by atoms with Crippen LogP contribution in [0.3, 0.4) is 0 Å². The Morgan fingerprint density at radius 3 is 2.41 bits per heavy atom. The predicted molar refractivity (Wildman–Crippen MR) is 110 cm³/mol. The Hall–Kier alpha value is -1.83. The van der Waals surface area contributed by atoms with Crippen LogP contribution in [0.2, 0.25) is 5.02 Å². The SMILES string of the molecule is O[C@@H](COCc1ccc2c(c1)OCO2)C[NH+]1CC[NH+](Cc2ccc(Cl)cc2)CC1. The number of rotatable bonds is 8. The van der Waals surface area contributed by atoms with Crippen molar-refractivity contribution in [1.29, 1.82) is 0 Å². The summed E-state index contributed by atoms with van der Waals surface area (Å²) in [7, 11) is 0. The lowest BCUT2D eigenvalue weighted by Crippen LogP contribution is -3.28. The molecule has 29 heavy (non-hydrogen) atoms. The minimum atomic E-state index is -0.447. The summed E-state index contributed by atoms with van der Waals surface area (Å²) in [5.41, 5.74) is 2.35. The van der Waals surface area contributed by atoms with Gasteiger partial charge >= 0.3 is 0 Å². The Kier molecular flexibility index (Phi) is 6.90. The molecular weight excluding hydrogens is 392 g/mol. The van der Waals surface area contributed by atoms with Crippen LogP contribution in [0, 0.1) is 0 Å². The van der Waals surface area contributed by atoms with Gasteiger partial charge < -0.3 is 29.1 Å². The number of hydrogen-bond donors (Lipinski definition) is 3. The number of piperazine rings is 1. The summed E-state index contributed by atoms with van der Waals surface area (Å²) in [5.74, 6) is 1.53. The summed E-state index contributed by atoms with van der Waals surface area (Å²) in [6.07, 6.45) is -0.447. The molecule has 0 aliphatic carbocycles. The third-order valence-electron chi connectivity index (χ3n) is 5.57. The van der Waals surface area contributed by atoms with E-state index >= 15 is 0 Å². The van der Waals surface area contributed by atoms with Crippen LogP contribution in [-0.2, 0) is 17.9 Å². The van der Waals surface area contributed by atoms with E-state index in [1.54, 1.807) is 4.90 Å². The normalized spacial score (nSPS) is 21.9. The molecular formula is C22H29ClN2O4+2. The number of quaternary nitrogens is 2. The second kappa shape index (κ2) is 9.78. The van der Waals surface area contributed by atoms with Crippen LogP contribution in [0.1, 0.15) is 11.1 Å². The van der Waals surface area contributed by atoms with Crippen molar-refractivity contribution < 1.29 is 29.1 Å². The largest absolute Gasteiger partial charge is 0.454 e. The lowest BCUT2D eigenvalue weighted by atomic mass is 10.2. The minimum Gasteiger partial charge on any atom is -0.454 e. The summed E-state index contributed by atoms with van der Waals surface area (Å²) >= 11 is 5.96. The summed E-state index contributed by atoms with van der Waals surface area (Å²) in [6.45, 7) is 7.22. The molecule has 2 aliphatic rings. The smallest absolute Gasteiger partial charge is 0.231 e. The lowest BCUT2D eigenvalue weighted by Gasteiger charge is -2.30. The molecule has 0 bridgehead atoms. The van der Waals surface area contributed by atoms with Gasteiger partial charge in [-0.2, -0.15) is 0 Å². The molecule has 0 radical (unpaired) electrons. The van der Waals surface area contributed by atoms with E-state index in [9.17, 15) is 5.11 Å². The molecule has 0 saturated carbocycles. The average Bonchev–Trinajstić information content (AvgIpc) is 3.19. The number of fused-ring (bicyclic) bond motifs is 1. The second-order valence-corrected chi connectivity index (χ2v) is 8.30. The van der Waals surface area contributed by atoms with E-state index in [2.05, 4.69) is 12.1 Å². The average molecular weight is 421 g/mol. The third kappa shape index (κ3) is 5.84. The van der Waals surface area contributed by atoms with Gasteiger partial charge in [-0.3, -0.25) is 0 Å². The summed E-state index contributed by atoms with van der Waals surface area (Å²) in [4.78, 5) is 3.04. The Labute approximate surface area is 176 Å². The van der Waals surface area contributed by atoms with E-state index in [1.165, 1.54) is 10.5 Å². The maximum atomic E-state index is 10.4. The van der Waals surface area contributed by atoms with Crippen LogP contribution in [0.25, 0.3) is 0 Å². The van der Waals surface area contributed by atoms with Crippen molar-refractivity contribution in [2.24, 2.45) is 0 Å². The lowest BCUT2D eigenvalue weighted by molar-refractivity contribution is -1.02. The number of nitrogens with one attached hydrogen (secondary N) is 2. The highest BCUT2D eigenvalue weighted by atomic mass is 35.5. The molecule has 0 aromatic heterocycles. The van der Waals surface area contributed by atoms with Crippen molar-refractivity contribution in [3.05, 3.63) is 58.6 Å². The number of aliphatic hydroxyl groups excluding tert-OH is 1. The molecule has 0 unspecified atom stereocenters. The zero-order valence-electron chi connectivity index (χ0n) is 16.5. The first-order valence-electron chi connectivity index (χ1n) is 10.2. The van der Waals surface area contributed by atoms with Crippen molar-refractivity contribution in [1.82, 2.24) is 0 Å². The van der Waals surface area contributed by atoms with Crippen molar-refractivity contribution in [2.45, 2.75) is 19.3 Å². The van der Waals surface area contributed by atoms with Crippen molar-refractivity contribution in [3.63, 3.8) is 0 Å². The van der Waals surface area contributed by atoms with E-state index in [0.29, 0.717) is 13.2 Å². The van der Waals surface area contributed by atoms with Gasteiger partial charge in [0.25, 0.3) is 0 Å². The summed E-state index contributed by atoms with van der Waals surface area (Å²) < 4.78 is 16.4. The highest BCUT2D eigenvalue weighted by Crippen LogP contribution is 2.32. The Morgan fingerprint density at radius 2 is 1.62 bits per heavy atom. The highest BCUT2D eigenvalue weighted by molar-refractivity contribution is 6.30. The van der Waals surface area contributed by atoms with Crippen LogP contribution >= 0.6 is 11.6 Å². The molecule has 1 fully saturated rings. The molecule has 3 N–H and O–H groups in total. The molecule has 7 heteroatoms. The highest BCUT2D eigenvalue weighted by Gasteiger charge is 2.25. The van der Waals surface area contributed by atoms with E-state index in [-0.39, 0.29) is 6.79 Å². The van der Waals surface area contributed by atoms with Crippen LogP contribution in [0.15, 0.2) is 42.5 Å². The van der Waals surface area contributed by atoms with Crippen LogP contribution in [0.5, 0.6) is 11.5 Å². The molecule has 1 saturated heterocycles. The molecule has 0 spiro atoms. The molecule has 2 heterocycles. The van der Waals surface area contributed by atoms with E-state index in [0.717, 1.165) is 61.4 Å². The molecule has 2 aliphatic heterocycles. The number of ether oxygens (including phenoxy) is 3. The first-order chi connectivity index (χ1) is 14.2. The van der Waals surface area contributed by atoms with Crippen LogP contribution < -0.4 is 19.3 Å². The molecule has 2 aromatic carbocycles. The number of benzene rings is 2. The zero-order chi connectivity index (χ0) is 20.1. The quantitative estimate of drug-likeness (QED) is 0.559. The monoisotopic (exact) mass is 420 g/mol. The second-order valence-electron chi connectivity index (χ2n) is 7.86. The third-order valence-corrected chi connectivity index (χ3v) is 5.82. The van der Waals surface area contributed by atoms with E-state index in [4.69, 9.17) is 25.8 Å². The van der Waals surface area contributed by atoms with E-state index in [1.807, 2.05) is 30.3 Å².